The number of nitrogens with zero attached hydrogens (tertiary/aromatic N) is 2. The number of likely N-dealkylation sites (tertiary alicyclic amines) is 1. The number of hydrogen-bond donors (Lipinski definition) is 1. The van der Waals surface area contributed by atoms with E-state index in [4.69, 9.17) is 10.00 Å². The van der Waals surface area contributed by atoms with Crippen LogP contribution in [0.25, 0.3) is 0 Å². The molecule has 1 aliphatic heterocycles. The molecular weight excluding hydrogens is 370 g/mol. The zero-order valence-corrected chi connectivity index (χ0v) is 16.1. The fraction of sp³-hybridized carbons (Fsp3) is 0.273. The van der Waals surface area contributed by atoms with Crippen molar-refractivity contribution in [2.75, 3.05) is 11.9 Å². The highest BCUT2D eigenvalue weighted by Gasteiger charge is 2.21. The molecule has 3 rings (SSSR count). The molecule has 0 bridgehead atoms. The number of amides is 2. The first-order valence-electron chi connectivity index (χ1n) is 9.35. The van der Waals surface area contributed by atoms with Crippen LogP contribution in [0.15, 0.2) is 48.5 Å². The molecule has 1 atom stereocenters. The summed E-state index contributed by atoms with van der Waals surface area (Å²) in [5, 5.41) is 11.4. The maximum absolute atomic E-state index is 12.3. The van der Waals surface area contributed by atoms with Crippen LogP contribution in [0.5, 0.6) is 0 Å². The van der Waals surface area contributed by atoms with Crippen molar-refractivity contribution >= 4 is 23.5 Å². The van der Waals surface area contributed by atoms with Gasteiger partial charge in [0.1, 0.15) is 0 Å². The molecule has 29 heavy (non-hydrogen) atoms. The first kappa shape index (κ1) is 20.1. The van der Waals surface area contributed by atoms with Crippen molar-refractivity contribution in [1.29, 1.82) is 5.26 Å². The van der Waals surface area contributed by atoms with Crippen LogP contribution < -0.4 is 5.32 Å². The highest BCUT2D eigenvalue weighted by Crippen LogP contribution is 2.16. The van der Waals surface area contributed by atoms with Crippen molar-refractivity contribution in [3.63, 3.8) is 0 Å². The molecular formula is C22H21N3O4. The Morgan fingerprint density at radius 2 is 1.86 bits per heavy atom. The summed E-state index contributed by atoms with van der Waals surface area (Å²) in [7, 11) is 0. The maximum atomic E-state index is 12.3. The number of benzene rings is 2. The molecule has 0 aliphatic carbocycles. The molecule has 2 amide bonds. The highest BCUT2D eigenvalue weighted by molar-refractivity contribution is 5.97. The Hall–Kier alpha value is -3.66. The summed E-state index contributed by atoms with van der Waals surface area (Å²) < 4.78 is 5.24. The second kappa shape index (κ2) is 9.02. The van der Waals surface area contributed by atoms with Crippen LogP contribution in [0.4, 0.5) is 5.69 Å². The van der Waals surface area contributed by atoms with Crippen LogP contribution in [0, 0.1) is 11.3 Å². The molecule has 0 unspecified atom stereocenters. The van der Waals surface area contributed by atoms with Crippen LogP contribution in [-0.4, -0.2) is 35.3 Å². The lowest BCUT2D eigenvalue weighted by Crippen LogP contribution is -2.30. The van der Waals surface area contributed by atoms with Crippen molar-refractivity contribution in [3.8, 4) is 6.07 Å². The average molecular weight is 391 g/mol. The average Bonchev–Trinajstić information content (AvgIpc) is 3.13. The number of hydrogen-bond acceptors (Lipinski definition) is 5. The summed E-state index contributed by atoms with van der Waals surface area (Å²) >= 11 is 0. The van der Waals surface area contributed by atoms with Crippen molar-refractivity contribution in [3.05, 3.63) is 65.2 Å². The monoisotopic (exact) mass is 391 g/mol. The van der Waals surface area contributed by atoms with Gasteiger partial charge in [0.05, 0.1) is 17.2 Å². The molecule has 1 heterocycles. The molecule has 1 saturated heterocycles. The van der Waals surface area contributed by atoms with E-state index < -0.39 is 18.0 Å². The third-order valence-electron chi connectivity index (χ3n) is 4.67. The summed E-state index contributed by atoms with van der Waals surface area (Å²) in [6.07, 6.45) is 0.485. The van der Waals surface area contributed by atoms with E-state index in [1.54, 1.807) is 53.4 Å². The third kappa shape index (κ3) is 5.20. The van der Waals surface area contributed by atoms with Gasteiger partial charge in [-0.3, -0.25) is 9.59 Å². The van der Waals surface area contributed by atoms with E-state index in [2.05, 4.69) is 5.32 Å². The summed E-state index contributed by atoms with van der Waals surface area (Å²) in [6, 6.07) is 15.2. The van der Waals surface area contributed by atoms with E-state index in [0.717, 1.165) is 18.5 Å². The standard InChI is InChI=1S/C22H21N3O4/c1-15(21(27)24-19-10-6-16(13-23)7-11-19)29-22(28)18-8-4-17(5-9-18)14-25-12-2-3-20(25)26/h4-11,15H,2-3,12,14H2,1H3,(H,24,27)/t15-/m0/s1. The molecule has 1 N–H and O–H groups in total. The molecule has 148 valence electrons. The van der Waals surface area contributed by atoms with Gasteiger partial charge in [0.15, 0.2) is 6.10 Å². The summed E-state index contributed by atoms with van der Waals surface area (Å²) in [4.78, 5) is 38.0. The van der Waals surface area contributed by atoms with Crippen LogP contribution in [0.2, 0.25) is 0 Å². The topological polar surface area (TPSA) is 99.5 Å². The fourth-order valence-corrected chi connectivity index (χ4v) is 2.99. The normalized spacial score (nSPS) is 14.2. The molecule has 0 spiro atoms. The fourth-order valence-electron chi connectivity index (χ4n) is 2.99. The van der Waals surface area contributed by atoms with Gasteiger partial charge in [0.2, 0.25) is 5.91 Å². The Bertz CT molecular complexity index is 946. The lowest BCUT2D eigenvalue weighted by molar-refractivity contribution is -0.128. The van der Waals surface area contributed by atoms with Crippen LogP contribution in [0.3, 0.4) is 0 Å². The van der Waals surface area contributed by atoms with E-state index in [1.807, 2.05) is 6.07 Å². The number of nitrogens with one attached hydrogen (secondary N) is 1. The van der Waals surface area contributed by atoms with Gasteiger partial charge >= 0.3 is 5.97 Å². The van der Waals surface area contributed by atoms with Gasteiger partial charge in [-0.25, -0.2) is 4.79 Å². The minimum Gasteiger partial charge on any atom is -0.449 e. The van der Waals surface area contributed by atoms with Gasteiger partial charge in [0, 0.05) is 25.2 Å². The van der Waals surface area contributed by atoms with Gasteiger partial charge in [-0.1, -0.05) is 12.1 Å². The molecule has 2 aromatic carbocycles. The second-order valence-electron chi connectivity index (χ2n) is 6.84. The number of nitriles is 1. The van der Waals surface area contributed by atoms with Crippen LogP contribution >= 0.6 is 0 Å². The molecule has 0 aromatic heterocycles. The van der Waals surface area contributed by atoms with Gasteiger partial charge < -0.3 is 15.0 Å². The van der Waals surface area contributed by atoms with Gasteiger partial charge in [-0.15, -0.1) is 0 Å². The van der Waals surface area contributed by atoms with Crippen molar-refractivity contribution < 1.29 is 19.1 Å². The quantitative estimate of drug-likeness (QED) is 0.764. The van der Waals surface area contributed by atoms with E-state index >= 15 is 0 Å². The Morgan fingerprint density at radius 3 is 2.45 bits per heavy atom. The van der Waals surface area contributed by atoms with E-state index in [9.17, 15) is 14.4 Å². The predicted octanol–water partition coefficient (Wildman–Crippen LogP) is 2.86. The SMILES string of the molecule is C[C@H](OC(=O)c1ccc(CN2CCCC2=O)cc1)C(=O)Nc1ccc(C#N)cc1. The van der Waals surface area contributed by atoms with Crippen molar-refractivity contribution in [1.82, 2.24) is 4.90 Å². The van der Waals surface area contributed by atoms with Crippen molar-refractivity contribution in [2.45, 2.75) is 32.4 Å². The predicted molar refractivity (Wildman–Crippen MR) is 106 cm³/mol. The van der Waals surface area contributed by atoms with Crippen LogP contribution in [0.1, 0.15) is 41.3 Å². The lowest BCUT2D eigenvalue weighted by Gasteiger charge is -2.16. The minimum atomic E-state index is -0.986. The molecule has 0 radical (unpaired) electrons. The Labute approximate surface area is 168 Å². The number of carbonyl (C=O) groups excluding carboxylic acids is 3. The molecule has 7 nitrogen and oxygen atoms in total. The third-order valence-corrected chi connectivity index (χ3v) is 4.67. The number of rotatable bonds is 6. The smallest absolute Gasteiger partial charge is 0.338 e. The van der Waals surface area contributed by atoms with Crippen LogP contribution in [-0.2, 0) is 20.9 Å². The van der Waals surface area contributed by atoms with Gasteiger partial charge in [0.25, 0.3) is 5.91 Å². The number of ether oxygens (including phenoxy) is 1. The molecule has 2 aromatic rings. The van der Waals surface area contributed by atoms with E-state index in [0.29, 0.717) is 29.8 Å². The summed E-state index contributed by atoms with van der Waals surface area (Å²) in [5.74, 6) is -0.918. The maximum Gasteiger partial charge on any atom is 0.338 e. The largest absolute Gasteiger partial charge is 0.449 e. The molecule has 1 fully saturated rings. The summed E-state index contributed by atoms with van der Waals surface area (Å²) in [5.41, 5.74) is 2.26. The Kier molecular flexibility index (Phi) is 6.25. The number of anilines is 1. The lowest BCUT2D eigenvalue weighted by atomic mass is 10.1. The van der Waals surface area contributed by atoms with Crippen molar-refractivity contribution in [2.24, 2.45) is 0 Å². The highest BCUT2D eigenvalue weighted by atomic mass is 16.5. The number of esters is 1. The molecule has 0 saturated carbocycles. The molecule has 1 aliphatic rings. The molecule has 7 heteroatoms. The second-order valence-corrected chi connectivity index (χ2v) is 6.84. The zero-order valence-electron chi connectivity index (χ0n) is 16.1. The van der Waals surface area contributed by atoms with Gasteiger partial charge in [-0.05, 0) is 55.3 Å². The number of carbonyl (C=O) groups is 3. The van der Waals surface area contributed by atoms with E-state index in [1.165, 1.54) is 6.92 Å². The van der Waals surface area contributed by atoms with Gasteiger partial charge in [-0.2, -0.15) is 5.26 Å². The zero-order chi connectivity index (χ0) is 20.8. The Morgan fingerprint density at radius 1 is 1.17 bits per heavy atom. The first-order chi connectivity index (χ1) is 14.0. The minimum absolute atomic E-state index is 0.149. The first-order valence-corrected chi connectivity index (χ1v) is 9.35. The van der Waals surface area contributed by atoms with E-state index in [-0.39, 0.29) is 5.91 Å². The Balaban J connectivity index is 1.53. The summed E-state index contributed by atoms with van der Waals surface area (Å²) in [6.45, 7) is 2.77.